The quantitative estimate of drug-likeness (QED) is 0.522. The molecule has 0 atom stereocenters. The van der Waals surface area contributed by atoms with Crippen molar-refractivity contribution in [3.8, 4) is 24.6 Å². The lowest BCUT2D eigenvalue weighted by molar-refractivity contribution is 0.629. The number of nitrogens with one attached hydrogen (secondary N) is 1. The monoisotopic (exact) mass is 385 g/mol. The number of nitrogens with two attached hydrogens (primary N) is 1. The SMILES string of the molecule is C#C.N#Cc1cnc(N)nc1NCc1nc2ccc(F)cc2n1-c1ccccc1. The van der Waals surface area contributed by atoms with E-state index in [0.717, 1.165) is 5.69 Å². The highest BCUT2D eigenvalue weighted by molar-refractivity contribution is 5.78. The maximum atomic E-state index is 13.8. The van der Waals surface area contributed by atoms with Gasteiger partial charge in [0.25, 0.3) is 0 Å². The first-order valence-corrected chi connectivity index (χ1v) is 8.48. The van der Waals surface area contributed by atoms with Crippen molar-refractivity contribution in [3.63, 3.8) is 0 Å². The number of benzene rings is 2. The molecular weight excluding hydrogens is 369 g/mol. The van der Waals surface area contributed by atoms with Gasteiger partial charge in [-0.15, -0.1) is 12.8 Å². The summed E-state index contributed by atoms with van der Waals surface area (Å²) >= 11 is 0. The molecular formula is C21H16FN7. The molecule has 0 spiro atoms. The first kappa shape index (κ1) is 19.3. The van der Waals surface area contributed by atoms with Crippen molar-refractivity contribution in [3.05, 3.63) is 71.9 Å². The number of halogens is 1. The van der Waals surface area contributed by atoms with Gasteiger partial charge in [-0.05, 0) is 24.3 Å². The Morgan fingerprint density at radius 3 is 2.62 bits per heavy atom. The van der Waals surface area contributed by atoms with Crippen molar-refractivity contribution < 1.29 is 4.39 Å². The predicted molar refractivity (Wildman–Crippen MR) is 109 cm³/mol. The Kier molecular flexibility index (Phi) is 5.67. The number of aromatic nitrogens is 4. The van der Waals surface area contributed by atoms with E-state index in [1.807, 2.05) is 41.0 Å². The molecule has 29 heavy (non-hydrogen) atoms. The second-order valence-corrected chi connectivity index (χ2v) is 5.79. The number of nitriles is 1. The third-order valence-electron chi connectivity index (χ3n) is 4.04. The van der Waals surface area contributed by atoms with Crippen LogP contribution in [0.3, 0.4) is 0 Å². The largest absolute Gasteiger partial charge is 0.368 e. The van der Waals surface area contributed by atoms with Crippen molar-refractivity contribution in [2.75, 3.05) is 11.1 Å². The first-order valence-electron chi connectivity index (χ1n) is 8.48. The number of para-hydroxylation sites is 1. The summed E-state index contributed by atoms with van der Waals surface area (Å²) in [6, 6.07) is 16.0. The Bertz CT molecular complexity index is 1210. The van der Waals surface area contributed by atoms with Crippen LogP contribution in [0.2, 0.25) is 0 Å². The average Bonchev–Trinajstić information content (AvgIpc) is 3.12. The van der Waals surface area contributed by atoms with E-state index in [-0.39, 0.29) is 23.9 Å². The van der Waals surface area contributed by atoms with Crippen LogP contribution >= 0.6 is 0 Å². The van der Waals surface area contributed by atoms with E-state index >= 15 is 0 Å². The lowest BCUT2D eigenvalue weighted by atomic mass is 10.2. The predicted octanol–water partition coefficient (Wildman–Crippen LogP) is 3.27. The van der Waals surface area contributed by atoms with Gasteiger partial charge < -0.3 is 11.1 Å². The normalized spacial score (nSPS) is 10.0. The van der Waals surface area contributed by atoms with E-state index in [4.69, 9.17) is 5.73 Å². The smallest absolute Gasteiger partial charge is 0.222 e. The van der Waals surface area contributed by atoms with Gasteiger partial charge in [-0.3, -0.25) is 4.57 Å². The van der Waals surface area contributed by atoms with Crippen LogP contribution in [0.25, 0.3) is 16.7 Å². The van der Waals surface area contributed by atoms with Crippen LogP contribution < -0.4 is 11.1 Å². The van der Waals surface area contributed by atoms with E-state index in [0.29, 0.717) is 22.7 Å². The number of hydrogen-bond acceptors (Lipinski definition) is 6. The minimum atomic E-state index is -0.338. The first-order chi connectivity index (χ1) is 14.2. The molecule has 7 nitrogen and oxygen atoms in total. The molecule has 4 aromatic rings. The third kappa shape index (κ3) is 3.97. The second-order valence-electron chi connectivity index (χ2n) is 5.79. The highest BCUT2D eigenvalue weighted by Gasteiger charge is 2.14. The van der Waals surface area contributed by atoms with E-state index < -0.39 is 0 Å². The third-order valence-corrected chi connectivity index (χ3v) is 4.04. The Morgan fingerprint density at radius 1 is 1.14 bits per heavy atom. The summed E-state index contributed by atoms with van der Waals surface area (Å²) in [5.41, 5.74) is 8.06. The van der Waals surface area contributed by atoms with Gasteiger partial charge in [0.1, 0.15) is 29.1 Å². The van der Waals surface area contributed by atoms with Gasteiger partial charge in [-0.1, -0.05) is 18.2 Å². The Hall–Kier alpha value is -4.43. The number of nitrogen functional groups attached to an aromatic ring is 1. The maximum Gasteiger partial charge on any atom is 0.222 e. The van der Waals surface area contributed by atoms with Crippen molar-refractivity contribution in [1.29, 1.82) is 5.26 Å². The van der Waals surface area contributed by atoms with E-state index in [1.165, 1.54) is 18.3 Å². The highest BCUT2D eigenvalue weighted by atomic mass is 19.1. The fourth-order valence-corrected chi connectivity index (χ4v) is 2.86. The molecule has 2 aromatic carbocycles. The molecule has 0 aliphatic rings. The van der Waals surface area contributed by atoms with Crippen molar-refractivity contribution in [2.24, 2.45) is 0 Å². The van der Waals surface area contributed by atoms with Crippen LogP contribution in [0.4, 0.5) is 16.2 Å². The summed E-state index contributed by atoms with van der Waals surface area (Å²) in [6.07, 6.45) is 9.36. The van der Waals surface area contributed by atoms with Gasteiger partial charge in [-0.2, -0.15) is 10.2 Å². The molecule has 0 amide bonds. The summed E-state index contributed by atoms with van der Waals surface area (Å²) in [7, 11) is 0. The molecule has 0 unspecified atom stereocenters. The summed E-state index contributed by atoms with van der Waals surface area (Å²) in [5, 5.41) is 12.3. The Balaban J connectivity index is 0.00000117. The molecule has 0 aliphatic carbocycles. The van der Waals surface area contributed by atoms with Crippen molar-refractivity contribution in [2.45, 2.75) is 6.54 Å². The molecule has 2 heterocycles. The van der Waals surface area contributed by atoms with Crippen LogP contribution in [0.15, 0.2) is 54.7 Å². The number of nitrogens with zero attached hydrogens (tertiary/aromatic N) is 5. The molecule has 142 valence electrons. The molecule has 0 saturated heterocycles. The van der Waals surface area contributed by atoms with E-state index in [2.05, 4.69) is 33.1 Å². The number of imidazole rings is 1. The van der Waals surface area contributed by atoms with Gasteiger partial charge in [-0.25, -0.2) is 14.4 Å². The van der Waals surface area contributed by atoms with Crippen molar-refractivity contribution in [1.82, 2.24) is 19.5 Å². The standard InChI is InChI=1S/C19H14FN7.C2H2/c20-13-6-7-15-16(8-13)27(14-4-2-1-3-5-14)17(25-15)11-23-18-12(9-21)10-24-19(22)26-18;1-2/h1-8,10H,11H2,(H3,22,23,24,26);1-2H. The Labute approximate surface area is 166 Å². The minimum absolute atomic E-state index is 0.0649. The summed E-state index contributed by atoms with van der Waals surface area (Å²) in [6.45, 7) is 0.260. The zero-order valence-electron chi connectivity index (χ0n) is 15.2. The van der Waals surface area contributed by atoms with Gasteiger partial charge in [0.2, 0.25) is 5.95 Å². The number of hydrogen-bond donors (Lipinski definition) is 2. The zero-order valence-corrected chi connectivity index (χ0v) is 15.2. The topological polar surface area (TPSA) is 105 Å². The average molecular weight is 385 g/mol. The van der Waals surface area contributed by atoms with Gasteiger partial charge >= 0.3 is 0 Å². The zero-order chi connectivity index (χ0) is 20.8. The molecule has 2 aromatic heterocycles. The van der Waals surface area contributed by atoms with Gasteiger partial charge in [0.05, 0.1) is 23.8 Å². The van der Waals surface area contributed by atoms with Crippen LogP contribution in [-0.4, -0.2) is 19.5 Å². The van der Waals surface area contributed by atoms with Gasteiger partial charge in [0.15, 0.2) is 0 Å². The van der Waals surface area contributed by atoms with Crippen LogP contribution in [-0.2, 0) is 6.54 Å². The molecule has 4 rings (SSSR count). The number of fused-ring (bicyclic) bond motifs is 1. The van der Waals surface area contributed by atoms with E-state index in [1.54, 1.807) is 6.07 Å². The summed E-state index contributed by atoms with van der Waals surface area (Å²) in [4.78, 5) is 12.5. The van der Waals surface area contributed by atoms with Crippen LogP contribution in [0, 0.1) is 30.0 Å². The van der Waals surface area contributed by atoms with Crippen molar-refractivity contribution >= 4 is 22.8 Å². The van der Waals surface area contributed by atoms with Crippen LogP contribution in [0.1, 0.15) is 11.4 Å². The molecule has 0 fully saturated rings. The van der Waals surface area contributed by atoms with E-state index in [9.17, 15) is 9.65 Å². The molecule has 3 N–H and O–H groups in total. The molecule has 8 heteroatoms. The lowest BCUT2D eigenvalue weighted by Crippen LogP contribution is -2.10. The molecule has 0 aliphatic heterocycles. The fraction of sp³-hybridized carbons (Fsp3) is 0.0476. The lowest BCUT2D eigenvalue weighted by Gasteiger charge is -2.11. The minimum Gasteiger partial charge on any atom is -0.368 e. The fourth-order valence-electron chi connectivity index (χ4n) is 2.86. The summed E-state index contributed by atoms with van der Waals surface area (Å²) < 4.78 is 15.7. The van der Waals surface area contributed by atoms with Gasteiger partial charge in [0, 0.05) is 11.8 Å². The summed E-state index contributed by atoms with van der Waals surface area (Å²) in [5.74, 6) is 0.690. The highest BCUT2D eigenvalue weighted by Crippen LogP contribution is 2.23. The molecule has 0 bridgehead atoms. The Morgan fingerprint density at radius 2 is 1.90 bits per heavy atom. The molecule has 0 radical (unpaired) electrons. The molecule has 0 saturated carbocycles. The number of rotatable bonds is 4. The number of anilines is 2. The number of terminal acetylenes is 1. The maximum absolute atomic E-state index is 13.8. The second kappa shape index (κ2) is 8.51. The van der Waals surface area contributed by atoms with Crippen LogP contribution in [0.5, 0.6) is 0 Å².